The molecule has 0 saturated carbocycles. The van der Waals surface area contributed by atoms with Crippen molar-refractivity contribution in [1.29, 1.82) is 0 Å². The molecule has 1 fully saturated rings. The number of rotatable bonds is 5. The van der Waals surface area contributed by atoms with Crippen LogP contribution in [-0.2, 0) is 0 Å². The number of hydrogen-bond donors (Lipinski definition) is 2. The second-order valence-electron chi connectivity index (χ2n) is 5.25. The van der Waals surface area contributed by atoms with E-state index in [0.29, 0.717) is 12.1 Å². The maximum absolute atomic E-state index is 13.0. The summed E-state index contributed by atoms with van der Waals surface area (Å²) in [6, 6.07) is 4.04. The van der Waals surface area contributed by atoms with Crippen molar-refractivity contribution in [3.05, 3.63) is 29.6 Å². The smallest absolute Gasteiger partial charge is 0.251 e. The van der Waals surface area contributed by atoms with E-state index < -0.39 is 5.82 Å². The molecule has 5 heteroatoms. The molecular weight excluding hydrogens is 257 g/mol. The summed E-state index contributed by atoms with van der Waals surface area (Å²) in [5.41, 5.74) is 5.86. The zero-order chi connectivity index (χ0) is 14.4. The Morgan fingerprint density at radius 2 is 2.05 bits per heavy atom. The van der Waals surface area contributed by atoms with Gasteiger partial charge in [-0.3, -0.25) is 4.79 Å². The number of benzene rings is 1. The third-order valence-corrected chi connectivity index (χ3v) is 3.64. The first-order valence-electron chi connectivity index (χ1n) is 7.22. The van der Waals surface area contributed by atoms with Crippen molar-refractivity contribution >= 4 is 11.6 Å². The number of carbonyl (C=O) groups excluding carboxylic acids is 1. The molecule has 0 aliphatic carbocycles. The topological polar surface area (TPSA) is 58.4 Å². The lowest BCUT2D eigenvalue weighted by atomic mass is 10.1. The van der Waals surface area contributed by atoms with Gasteiger partial charge in [0.1, 0.15) is 5.82 Å². The first-order chi connectivity index (χ1) is 9.66. The average Bonchev–Trinajstić information content (AvgIpc) is 2.47. The summed E-state index contributed by atoms with van der Waals surface area (Å²) >= 11 is 0. The van der Waals surface area contributed by atoms with Crippen molar-refractivity contribution in [1.82, 2.24) is 10.2 Å². The van der Waals surface area contributed by atoms with Gasteiger partial charge in [-0.15, -0.1) is 0 Å². The molecule has 1 heterocycles. The molecule has 0 aromatic heterocycles. The fourth-order valence-electron chi connectivity index (χ4n) is 2.47. The van der Waals surface area contributed by atoms with Crippen LogP contribution in [0.25, 0.3) is 0 Å². The van der Waals surface area contributed by atoms with Gasteiger partial charge in [-0.05, 0) is 57.1 Å². The molecule has 20 heavy (non-hydrogen) atoms. The fourth-order valence-corrected chi connectivity index (χ4v) is 2.47. The summed E-state index contributed by atoms with van der Waals surface area (Å²) in [5.74, 6) is -0.693. The van der Waals surface area contributed by atoms with E-state index in [1.54, 1.807) is 0 Å². The molecule has 2 rings (SSSR count). The van der Waals surface area contributed by atoms with E-state index in [0.717, 1.165) is 13.0 Å². The molecule has 4 nitrogen and oxygen atoms in total. The highest BCUT2D eigenvalue weighted by Gasteiger charge is 2.10. The number of nitrogens with one attached hydrogen (secondary N) is 1. The van der Waals surface area contributed by atoms with Crippen molar-refractivity contribution in [2.24, 2.45) is 0 Å². The summed E-state index contributed by atoms with van der Waals surface area (Å²) in [5, 5.41) is 2.84. The molecule has 0 radical (unpaired) electrons. The Labute approximate surface area is 119 Å². The van der Waals surface area contributed by atoms with Crippen LogP contribution in [-0.4, -0.2) is 37.0 Å². The highest BCUT2D eigenvalue weighted by atomic mass is 19.1. The van der Waals surface area contributed by atoms with Crippen LogP contribution >= 0.6 is 0 Å². The van der Waals surface area contributed by atoms with Crippen LogP contribution in [0.1, 0.15) is 36.0 Å². The number of anilines is 1. The Balaban J connectivity index is 1.70. The molecule has 0 spiro atoms. The molecule has 110 valence electrons. The molecule has 0 atom stereocenters. The number of nitrogen functional groups attached to an aromatic ring is 1. The van der Waals surface area contributed by atoms with Gasteiger partial charge in [-0.2, -0.15) is 0 Å². The van der Waals surface area contributed by atoms with Crippen LogP contribution in [0.5, 0.6) is 0 Å². The lowest BCUT2D eigenvalue weighted by Gasteiger charge is -2.26. The monoisotopic (exact) mass is 279 g/mol. The van der Waals surface area contributed by atoms with Crippen LogP contribution in [0.2, 0.25) is 0 Å². The quantitative estimate of drug-likeness (QED) is 0.640. The maximum Gasteiger partial charge on any atom is 0.251 e. The normalized spacial score (nSPS) is 16.1. The van der Waals surface area contributed by atoms with Gasteiger partial charge in [0.2, 0.25) is 0 Å². The average molecular weight is 279 g/mol. The Kier molecular flexibility index (Phi) is 5.35. The number of piperidine rings is 1. The van der Waals surface area contributed by atoms with Gasteiger partial charge in [0, 0.05) is 12.1 Å². The molecule has 0 unspecified atom stereocenters. The van der Waals surface area contributed by atoms with E-state index in [2.05, 4.69) is 10.2 Å². The van der Waals surface area contributed by atoms with Gasteiger partial charge in [0.15, 0.2) is 0 Å². The minimum atomic E-state index is -0.494. The summed E-state index contributed by atoms with van der Waals surface area (Å²) in [7, 11) is 0. The van der Waals surface area contributed by atoms with E-state index in [1.165, 1.54) is 50.6 Å². The van der Waals surface area contributed by atoms with Crippen molar-refractivity contribution in [2.75, 3.05) is 31.9 Å². The van der Waals surface area contributed by atoms with Crippen molar-refractivity contribution < 1.29 is 9.18 Å². The predicted octanol–water partition coefficient (Wildman–Crippen LogP) is 2.01. The highest BCUT2D eigenvalue weighted by molar-refractivity contribution is 5.94. The van der Waals surface area contributed by atoms with Gasteiger partial charge in [-0.25, -0.2) is 4.39 Å². The van der Waals surface area contributed by atoms with Crippen LogP contribution in [0.3, 0.4) is 0 Å². The number of likely N-dealkylation sites (tertiary alicyclic amines) is 1. The first-order valence-corrected chi connectivity index (χ1v) is 7.22. The number of carbonyl (C=O) groups is 1. The lowest BCUT2D eigenvalue weighted by molar-refractivity contribution is 0.0951. The van der Waals surface area contributed by atoms with Crippen LogP contribution in [0.4, 0.5) is 10.1 Å². The van der Waals surface area contributed by atoms with E-state index in [4.69, 9.17) is 5.73 Å². The minimum Gasteiger partial charge on any atom is -0.396 e. The fraction of sp³-hybridized carbons (Fsp3) is 0.533. The third kappa shape index (κ3) is 4.20. The van der Waals surface area contributed by atoms with E-state index in [-0.39, 0.29) is 11.6 Å². The molecule has 0 bridgehead atoms. The summed E-state index contributed by atoms with van der Waals surface area (Å²) in [6.45, 7) is 3.99. The Hall–Kier alpha value is -1.62. The molecule has 1 aromatic rings. The summed E-state index contributed by atoms with van der Waals surface area (Å²) in [4.78, 5) is 14.3. The number of nitrogens with zero attached hydrogens (tertiary/aromatic N) is 1. The molecule has 1 aliphatic heterocycles. The second kappa shape index (κ2) is 7.24. The Morgan fingerprint density at radius 3 is 2.75 bits per heavy atom. The van der Waals surface area contributed by atoms with Gasteiger partial charge in [0.25, 0.3) is 5.91 Å². The van der Waals surface area contributed by atoms with Gasteiger partial charge in [-0.1, -0.05) is 6.42 Å². The SMILES string of the molecule is Nc1cc(C(=O)NCCCN2CCCCC2)ccc1F. The highest BCUT2D eigenvalue weighted by Crippen LogP contribution is 2.12. The zero-order valence-corrected chi connectivity index (χ0v) is 11.7. The van der Waals surface area contributed by atoms with Crippen molar-refractivity contribution in [3.63, 3.8) is 0 Å². The summed E-state index contributed by atoms with van der Waals surface area (Å²) < 4.78 is 13.0. The lowest BCUT2D eigenvalue weighted by Crippen LogP contribution is -2.33. The molecule has 3 N–H and O–H groups in total. The second-order valence-corrected chi connectivity index (χ2v) is 5.25. The molecule has 1 amide bonds. The Morgan fingerprint density at radius 1 is 1.30 bits per heavy atom. The molecule has 1 aromatic carbocycles. The van der Waals surface area contributed by atoms with Gasteiger partial charge in [0.05, 0.1) is 5.69 Å². The van der Waals surface area contributed by atoms with Crippen LogP contribution < -0.4 is 11.1 Å². The van der Waals surface area contributed by atoms with Crippen molar-refractivity contribution in [3.8, 4) is 0 Å². The molecule has 1 saturated heterocycles. The molecular formula is C15H22FN3O. The predicted molar refractivity (Wildman–Crippen MR) is 78.1 cm³/mol. The first kappa shape index (κ1) is 14.8. The zero-order valence-electron chi connectivity index (χ0n) is 11.7. The number of amides is 1. The van der Waals surface area contributed by atoms with Gasteiger partial charge >= 0.3 is 0 Å². The van der Waals surface area contributed by atoms with Crippen LogP contribution in [0.15, 0.2) is 18.2 Å². The Bertz CT molecular complexity index is 458. The van der Waals surface area contributed by atoms with Crippen LogP contribution in [0, 0.1) is 5.82 Å². The number of nitrogens with two attached hydrogens (primary N) is 1. The van der Waals surface area contributed by atoms with E-state index in [1.807, 2.05) is 0 Å². The maximum atomic E-state index is 13.0. The van der Waals surface area contributed by atoms with Gasteiger partial charge < -0.3 is 16.0 Å². The summed E-state index contributed by atoms with van der Waals surface area (Å²) in [6.07, 6.45) is 4.82. The minimum absolute atomic E-state index is 0.00552. The molecule has 1 aliphatic rings. The van der Waals surface area contributed by atoms with E-state index >= 15 is 0 Å². The van der Waals surface area contributed by atoms with Crippen molar-refractivity contribution in [2.45, 2.75) is 25.7 Å². The standard InChI is InChI=1S/C15H22FN3O/c16-13-6-5-12(11-14(13)17)15(20)18-7-4-10-19-8-2-1-3-9-19/h5-6,11H,1-4,7-10,17H2,(H,18,20). The number of hydrogen-bond acceptors (Lipinski definition) is 3. The number of halogens is 1. The third-order valence-electron chi connectivity index (χ3n) is 3.64. The van der Waals surface area contributed by atoms with E-state index in [9.17, 15) is 9.18 Å². The largest absolute Gasteiger partial charge is 0.396 e.